The van der Waals surface area contributed by atoms with Crippen LogP contribution in [-0.4, -0.2) is 28.9 Å². The quantitative estimate of drug-likeness (QED) is 0.796. The molecule has 2 aromatic carbocycles. The molecule has 0 unspecified atom stereocenters. The summed E-state index contributed by atoms with van der Waals surface area (Å²) < 4.78 is 5.51. The van der Waals surface area contributed by atoms with E-state index in [1.54, 1.807) is 12.1 Å². The van der Waals surface area contributed by atoms with Gasteiger partial charge in [-0.3, -0.25) is 0 Å². The highest BCUT2D eigenvalue weighted by atomic mass is 16.5. The van der Waals surface area contributed by atoms with Crippen LogP contribution in [-0.2, 0) is 11.8 Å². The van der Waals surface area contributed by atoms with E-state index in [9.17, 15) is 9.90 Å². The van der Waals surface area contributed by atoms with Gasteiger partial charge in [0.25, 0.3) is 0 Å². The van der Waals surface area contributed by atoms with Crippen LogP contribution in [0, 0.1) is 0 Å². The van der Waals surface area contributed by atoms with Crippen LogP contribution in [0.25, 0.3) is 0 Å². The molecule has 2 N–H and O–H groups in total. The number of benzene rings is 2. The largest absolute Gasteiger partial charge is 0.491 e. The minimum absolute atomic E-state index is 0.141. The zero-order valence-corrected chi connectivity index (χ0v) is 15.0. The Morgan fingerprint density at radius 2 is 1.64 bits per heavy atom. The normalized spacial score (nSPS) is 12.6. The smallest absolute Gasteiger partial charge is 0.335 e. The van der Waals surface area contributed by atoms with Gasteiger partial charge in [0, 0.05) is 0 Å². The van der Waals surface area contributed by atoms with Crippen LogP contribution in [0.5, 0.6) is 5.75 Å². The molecule has 0 saturated carbocycles. The number of aryl methyl sites for hydroxylation is 1. The lowest BCUT2D eigenvalue weighted by atomic mass is 9.86. The first-order valence-corrected chi connectivity index (χ1v) is 8.49. The van der Waals surface area contributed by atoms with E-state index < -0.39 is 12.1 Å². The molecule has 4 nitrogen and oxygen atoms in total. The molecule has 0 fully saturated rings. The van der Waals surface area contributed by atoms with Crippen molar-refractivity contribution in [2.75, 3.05) is 6.61 Å². The van der Waals surface area contributed by atoms with Crippen molar-refractivity contribution in [1.82, 2.24) is 0 Å². The number of hydrogen-bond donors (Lipinski definition) is 2. The Morgan fingerprint density at radius 1 is 1.04 bits per heavy atom. The molecule has 4 heteroatoms. The second-order valence-electron chi connectivity index (χ2n) is 7.28. The summed E-state index contributed by atoms with van der Waals surface area (Å²) in [6, 6.07) is 14.7. The first kappa shape index (κ1) is 19.0. The second kappa shape index (κ2) is 8.17. The fourth-order valence-corrected chi connectivity index (χ4v) is 2.47. The molecule has 0 aliphatic rings. The van der Waals surface area contributed by atoms with Crippen LogP contribution in [0.15, 0.2) is 48.5 Å². The van der Waals surface area contributed by atoms with Gasteiger partial charge >= 0.3 is 5.97 Å². The van der Waals surface area contributed by atoms with E-state index in [4.69, 9.17) is 9.84 Å². The van der Waals surface area contributed by atoms with Gasteiger partial charge in [-0.2, -0.15) is 0 Å². The van der Waals surface area contributed by atoms with Crippen molar-refractivity contribution in [2.24, 2.45) is 0 Å². The topological polar surface area (TPSA) is 66.8 Å². The maximum Gasteiger partial charge on any atom is 0.335 e. The van der Waals surface area contributed by atoms with Crippen LogP contribution in [0.2, 0.25) is 0 Å². The number of aliphatic hydroxyl groups excluding tert-OH is 1. The van der Waals surface area contributed by atoms with Gasteiger partial charge in [0.15, 0.2) is 0 Å². The van der Waals surface area contributed by atoms with E-state index in [1.165, 1.54) is 23.3 Å². The monoisotopic (exact) mass is 342 g/mol. The first-order chi connectivity index (χ1) is 11.8. The third-order valence-electron chi connectivity index (χ3n) is 4.13. The third kappa shape index (κ3) is 5.91. The maximum absolute atomic E-state index is 10.8. The third-order valence-corrected chi connectivity index (χ3v) is 4.13. The SMILES string of the molecule is CC(C)(C)c1ccc(CC[C@H](O)COc2ccc(C(=O)O)cc2)cc1. The Morgan fingerprint density at radius 3 is 2.16 bits per heavy atom. The van der Waals surface area contributed by atoms with Crippen molar-refractivity contribution >= 4 is 5.97 Å². The second-order valence-corrected chi connectivity index (χ2v) is 7.28. The Balaban J connectivity index is 1.78. The van der Waals surface area contributed by atoms with Crippen LogP contribution in [0.4, 0.5) is 0 Å². The van der Waals surface area contributed by atoms with Crippen molar-refractivity contribution in [3.63, 3.8) is 0 Å². The van der Waals surface area contributed by atoms with Gasteiger partial charge in [-0.05, 0) is 53.6 Å². The molecule has 0 aliphatic carbocycles. The molecule has 0 saturated heterocycles. The lowest BCUT2D eigenvalue weighted by molar-refractivity contribution is 0.0696. The summed E-state index contributed by atoms with van der Waals surface area (Å²) in [7, 11) is 0. The molecule has 2 rings (SSSR count). The van der Waals surface area contributed by atoms with Gasteiger partial charge in [0.2, 0.25) is 0 Å². The summed E-state index contributed by atoms with van der Waals surface area (Å²) in [5, 5.41) is 18.9. The van der Waals surface area contributed by atoms with Crippen molar-refractivity contribution in [2.45, 2.75) is 45.1 Å². The summed E-state index contributed by atoms with van der Waals surface area (Å²) in [6.07, 6.45) is 0.830. The molecule has 0 amide bonds. The number of carboxylic acid groups (broad SMARTS) is 1. The molecule has 0 aliphatic heterocycles. The number of hydrogen-bond acceptors (Lipinski definition) is 3. The first-order valence-electron chi connectivity index (χ1n) is 8.49. The molecule has 0 aromatic heterocycles. The van der Waals surface area contributed by atoms with Crippen LogP contribution in [0.3, 0.4) is 0 Å². The fraction of sp³-hybridized carbons (Fsp3) is 0.381. The summed E-state index contributed by atoms with van der Waals surface area (Å²) in [5.41, 5.74) is 2.84. The Hall–Kier alpha value is -2.33. The number of rotatable bonds is 7. The van der Waals surface area contributed by atoms with Crippen LogP contribution in [0.1, 0.15) is 48.7 Å². The van der Waals surface area contributed by atoms with E-state index in [0.717, 1.165) is 6.42 Å². The molecule has 1 atom stereocenters. The molecule has 0 radical (unpaired) electrons. The molecule has 25 heavy (non-hydrogen) atoms. The molecule has 134 valence electrons. The van der Waals surface area contributed by atoms with Gasteiger partial charge in [0.05, 0.1) is 11.7 Å². The van der Waals surface area contributed by atoms with Gasteiger partial charge in [-0.15, -0.1) is 0 Å². The highest BCUT2D eigenvalue weighted by Gasteiger charge is 2.13. The Labute approximate surface area is 149 Å². The van der Waals surface area contributed by atoms with Crippen molar-refractivity contribution in [3.05, 3.63) is 65.2 Å². The molecular formula is C21H26O4. The van der Waals surface area contributed by atoms with E-state index in [-0.39, 0.29) is 17.6 Å². The maximum atomic E-state index is 10.8. The van der Waals surface area contributed by atoms with E-state index in [0.29, 0.717) is 12.2 Å². The average Bonchev–Trinajstić information content (AvgIpc) is 2.58. The summed E-state index contributed by atoms with van der Waals surface area (Å²) >= 11 is 0. The predicted molar refractivity (Wildman–Crippen MR) is 98.4 cm³/mol. The number of ether oxygens (including phenoxy) is 1. The van der Waals surface area contributed by atoms with Crippen molar-refractivity contribution < 1.29 is 19.7 Å². The highest BCUT2D eigenvalue weighted by molar-refractivity contribution is 5.87. The van der Waals surface area contributed by atoms with E-state index >= 15 is 0 Å². The standard InChI is InChI=1S/C21H26O4/c1-21(2,3)17-9-4-15(5-10-17)6-11-18(22)14-25-19-12-7-16(8-13-19)20(23)24/h4-5,7-10,12-13,18,22H,6,11,14H2,1-3H3,(H,23,24)/t18-/m0/s1. The summed E-state index contributed by atoms with van der Waals surface area (Å²) in [6.45, 7) is 6.75. The minimum atomic E-state index is -0.968. The number of aliphatic hydroxyl groups is 1. The van der Waals surface area contributed by atoms with E-state index in [2.05, 4.69) is 45.0 Å². The molecule has 2 aromatic rings. The van der Waals surface area contributed by atoms with Gasteiger partial charge in [-0.25, -0.2) is 4.79 Å². The number of aromatic carboxylic acids is 1. The Bertz CT molecular complexity index is 681. The highest BCUT2D eigenvalue weighted by Crippen LogP contribution is 2.22. The molecule has 0 heterocycles. The molecular weight excluding hydrogens is 316 g/mol. The van der Waals surface area contributed by atoms with Crippen molar-refractivity contribution in [1.29, 1.82) is 0 Å². The van der Waals surface area contributed by atoms with Gasteiger partial charge in [-0.1, -0.05) is 45.0 Å². The molecule has 0 spiro atoms. The predicted octanol–water partition coefficient (Wildman–Crippen LogP) is 4.05. The zero-order valence-electron chi connectivity index (χ0n) is 15.0. The summed E-state index contributed by atoms with van der Waals surface area (Å²) in [5.74, 6) is -0.414. The minimum Gasteiger partial charge on any atom is -0.491 e. The average molecular weight is 342 g/mol. The lowest BCUT2D eigenvalue weighted by Gasteiger charge is -2.19. The van der Waals surface area contributed by atoms with E-state index in [1.807, 2.05) is 0 Å². The summed E-state index contributed by atoms with van der Waals surface area (Å²) in [4.78, 5) is 10.8. The zero-order chi connectivity index (χ0) is 18.4. The fourth-order valence-electron chi connectivity index (χ4n) is 2.47. The van der Waals surface area contributed by atoms with Crippen LogP contribution >= 0.6 is 0 Å². The lowest BCUT2D eigenvalue weighted by Crippen LogP contribution is -2.18. The number of carbonyl (C=O) groups is 1. The van der Waals surface area contributed by atoms with Gasteiger partial charge in [0.1, 0.15) is 12.4 Å². The molecule has 0 bridgehead atoms. The Kier molecular flexibility index (Phi) is 6.21. The van der Waals surface area contributed by atoms with Crippen LogP contribution < -0.4 is 4.74 Å². The van der Waals surface area contributed by atoms with Gasteiger partial charge < -0.3 is 14.9 Å². The number of carboxylic acids is 1. The van der Waals surface area contributed by atoms with Crippen molar-refractivity contribution in [3.8, 4) is 5.75 Å².